The third kappa shape index (κ3) is 4.05. The van der Waals surface area contributed by atoms with E-state index >= 15 is 0 Å². The van der Waals surface area contributed by atoms with Gasteiger partial charge in [-0.25, -0.2) is 0 Å². The second-order valence-corrected chi connectivity index (χ2v) is 7.84. The van der Waals surface area contributed by atoms with Gasteiger partial charge in [0, 0.05) is 30.6 Å². The Morgan fingerprint density at radius 2 is 1.44 bits per heavy atom. The van der Waals surface area contributed by atoms with E-state index in [1.165, 1.54) is 5.56 Å². The predicted molar refractivity (Wildman–Crippen MR) is 101 cm³/mol. The third-order valence-electron chi connectivity index (χ3n) is 5.79. The van der Waals surface area contributed by atoms with Gasteiger partial charge in [0.25, 0.3) is 0 Å². The van der Waals surface area contributed by atoms with E-state index in [1.807, 2.05) is 18.7 Å². The van der Waals surface area contributed by atoms with Gasteiger partial charge >= 0.3 is 0 Å². The van der Waals surface area contributed by atoms with E-state index < -0.39 is 0 Å². The smallest absolute Gasteiger partial charge is 0.227 e. The summed E-state index contributed by atoms with van der Waals surface area (Å²) in [6, 6.07) is 4.21. The molecule has 1 N–H and O–H groups in total. The summed E-state index contributed by atoms with van der Waals surface area (Å²) in [4.78, 5) is 27.2. The maximum Gasteiger partial charge on any atom is 0.227 e. The molecule has 2 aliphatic rings. The number of aryl methyl sites for hydroxylation is 3. The van der Waals surface area contributed by atoms with Gasteiger partial charge in [0.2, 0.25) is 11.8 Å². The van der Waals surface area contributed by atoms with Gasteiger partial charge in [-0.15, -0.1) is 0 Å². The van der Waals surface area contributed by atoms with Crippen molar-refractivity contribution in [3.63, 3.8) is 0 Å². The topological polar surface area (TPSA) is 49.4 Å². The molecule has 0 radical (unpaired) electrons. The van der Waals surface area contributed by atoms with Crippen molar-refractivity contribution in [3.05, 3.63) is 28.8 Å². The molecule has 4 nitrogen and oxygen atoms in total. The molecule has 0 bridgehead atoms. The van der Waals surface area contributed by atoms with Crippen molar-refractivity contribution >= 4 is 17.5 Å². The van der Waals surface area contributed by atoms with Crippen molar-refractivity contribution in [3.8, 4) is 0 Å². The molecule has 1 aromatic carbocycles. The lowest BCUT2D eigenvalue weighted by Crippen LogP contribution is -2.37. The van der Waals surface area contributed by atoms with Crippen LogP contribution in [-0.2, 0) is 9.59 Å². The first-order valence-corrected chi connectivity index (χ1v) is 9.63. The second-order valence-electron chi connectivity index (χ2n) is 7.84. The Morgan fingerprint density at radius 1 is 0.920 bits per heavy atom. The lowest BCUT2D eigenvalue weighted by atomic mass is 9.81. The summed E-state index contributed by atoms with van der Waals surface area (Å²) >= 11 is 0. The van der Waals surface area contributed by atoms with Crippen LogP contribution in [0.1, 0.15) is 55.2 Å². The maximum atomic E-state index is 12.7. The van der Waals surface area contributed by atoms with Gasteiger partial charge in [-0.1, -0.05) is 17.7 Å². The predicted octanol–water partition coefficient (Wildman–Crippen LogP) is 3.98. The van der Waals surface area contributed by atoms with Crippen LogP contribution in [0.25, 0.3) is 0 Å². The Labute approximate surface area is 151 Å². The van der Waals surface area contributed by atoms with Crippen molar-refractivity contribution in [2.24, 2.45) is 11.8 Å². The quantitative estimate of drug-likeness (QED) is 0.903. The number of nitrogens with zero attached hydrogens (tertiary/aromatic N) is 1. The summed E-state index contributed by atoms with van der Waals surface area (Å²) in [5.74, 6) is 0.594. The van der Waals surface area contributed by atoms with Gasteiger partial charge in [0.05, 0.1) is 0 Å². The van der Waals surface area contributed by atoms with E-state index in [0.29, 0.717) is 5.91 Å². The molecule has 0 unspecified atom stereocenters. The molecule has 1 heterocycles. The van der Waals surface area contributed by atoms with Gasteiger partial charge < -0.3 is 10.2 Å². The average molecular weight is 342 g/mol. The Balaban J connectivity index is 1.56. The summed E-state index contributed by atoms with van der Waals surface area (Å²) in [5, 5.41) is 3.14. The van der Waals surface area contributed by atoms with Crippen LogP contribution in [0, 0.1) is 32.6 Å². The molecule has 0 aromatic heterocycles. The lowest BCUT2D eigenvalue weighted by molar-refractivity contribution is -0.136. The Bertz CT molecular complexity index is 631. The van der Waals surface area contributed by atoms with Gasteiger partial charge in [0.1, 0.15) is 0 Å². The standard InChI is InChI=1S/C21H30N2O2/c1-14-12-15(2)19(16(3)13-14)22-20(24)17-6-8-18(9-7-17)21(25)23-10-4-5-11-23/h12-13,17-18H,4-11H2,1-3H3,(H,22,24). The number of hydrogen-bond acceptors (Lipinski definition) is 2. The molecule has 1 aliphatic heterocycles. The monoisotopic (exact) mass is 342 g/mol. The number of carbonyl (C=O) groups is 2. The fourth-order valence-corrected chi connectivity index (χ4v) is 4.40. The first kappa shape index (κ1) is 18.0. The SMILES string of the molecule is Cc1cc(C)c(NC(=O)C2CCC(C(=O)N3CCCC3)CC2)c(C)c1. The van der Waals surface area contributed by atoms with Gasteiger partial charge in [-0.3, -0.25) is 9.59 Å². The number of carbonyl (C=O) groups excluding carboxylic acids is 2. The Morgan fingerprint density at radius 3 is 2.00 bits per heavy atom. The van der Waals surface area contributed by atoms with Crippen LogP contribution in [-0.4, -0.2) is 29.8 Å². The molecular weight excluding hydrogens is 312 g/mol. The average Bonchev–Trinajstić information content (AvgIpc) is 3.12. The van der Waals surface area contributed by atoms with E-state index in [9.17, 15) is 9.59 Å². The molecule has 0 spiro atoms. The molecule has 25 heavy (non-hydrogen) atoms. The van der Waals surface area contributed by atoms with Crippen molar-refractivity contribution in [1.82, 2.24) is 4.90 Å². The zero-order valence-corrected chi connectivity index (χ0v) is 15.7. The minimum Gasteiger partial charge on any atom is -0.342 e. The Kier molecular flexibility index (Phi) is 5.45. The molecule has 136 valence electrons. The first-order chi connectivity index (χ1) is 12.0. The highest BCUT2D eigenvalue weighted by Gasteiger charge is 2.33. The van der Waals surface area contributed by atoms with E-state index in [2.05, 4.69) is 24.4 Å². The van der Waals surface area contributed by atoms with Crippen molar-refractivity contribution in [1.29, 1.82) is 0 Å². The Hall–Kier alpha value is -1.84. The minimum absolute atomic E-state index is 0.0303. The summed E-state index contributed by atoms with van der Waals surface area (Å²) in [5.41, 5.74) is 4.40. The van der Waals surface area contributed by atoms with Crippen LogP contribution in [0.15, 0.2) is 12.1 Å². The second kappa shape index (κ2) is 7.59. The van der Waals surface area contributed by atoms with Crippen LogP contribution < -0.4 is 5.32 Å². The summed E-state index contributed by atoms with van der Waals surface area (Å²) < 4.78 is 0. The molecule has 2 amide bonds. The van der Waals surface area contributed by atoms with E-state index in [0.717, 1.165) is 68.4 Å². The van der Waals surface area contributed by atoms with Crippen LogP contribution in [0.4, 0.5) is 5.69 Å². The van der Waals surface area contributed by atoms with Crippen LogP contribution in [0.5, 0.6) is 0 Å². The molecule has 4 heteroatoms. The van der Waals surface area contributed by atoms with E-state index in [4.69, 9.17) is 0 Å². The number of likely N-dealkylation sites (tertiary alicyclic amines) is 1. The zero-order valence-electron chi connectivity index (χ0n) is 15.7. The van der Waals surface area contributed by atoms with E-state index in [1.54, 1.807) is 0 Å². The molecule has 1 aliphatic carbocycles. The van der Waals surface area contributed by atoms with Crippen molar-refractivity contribution < 1.29 is 9.59 Å². The first-order valence-electron chi connectivity index (χ1n) is 9.63. The number of amides is 2. The molecule has 0 atom stereocenters. The van der Waals surface area contributed by atoms with Crippen LogP contribution in [0.3, 0.4) is 0 Å². The fourth-order valence-electron chi connectivity index (χ4n) is 4.40. The zero-order chi connectivity index (χ0) is 18.0. The number of anilines is 1. The molecule has 1 saturated carbocycles. The maximum absolute atomic E-state index is 12.7. The molecule has 1 saturated heterocycles. The third-order valence-corrected chi connectivity index (χ3v) is 5.79. The molecular formula is C21H30N2O2. The molecule has 2 fully saturated rings. The van der Waals surface area contributed by atoms with Crippen LogP contribution >= 0.6 is 0 Å². The minimum atomic E-state index is 0.0303. The van der Waals surface area contributed by atoms with Gasteiger partial charge in [-0.05, 0) is 70.4 Å². The summed E-state index contributed by atoms with van der Waals surface area (Å²) in [7, 11) is 0. The highest BCUT2D eigenvalue weighted by molar-refractivity contribution is 5.94. The number of rotatable bonds is 3. The largest absolute Gasteiger partial charge is 0.342 e. The number of benzene rings is 1. The summed E-state index contributed by atoms with van der Waals surface area (Å²) in [6.45, 7) is 8.00. The van der Waals surface area contributed by atoms with Gasteiger partial charge in [0.15, 0.2) is 0 Å². The number of nitrogens with one attached hydrogen (secondary N) is 1. The lowest BCUT2D eigenvalue weighted by Gasteiger charge is -2.30. The summed E-state index contributed by atoms with van der Waals surface area (Å²) in [6.07, 6.45) is 5.61. The molecule has 1 aromatic rings. The van der Waals surface area contributed by atoms with Gasteiger partial charge in [-0.2, -0.15) is 0 Å². The van der Waals surface area contributed by atoms with Crippen molar-refractivity contribution in [2.45, 2.75) is 59.3 Å². The van der Waals surface area contributed by atoms with Crippen molar-refractivity contribution in [2.75, 3.05) is 18.4 Å². The highest BCUT2D eigenvalue weighted by atomic mass is 16.2. The van der Waals surface area contributed by atoms with Crippen LogP contribution in [0.2, 0.25) is 0 Å². The number of hydrogen-bond donors (Lipinski definition) is 1. The normalized spacial score (nSPS) is 23.6. The van der Waals surface area contributed by atoms with E-state index in [-0.39, 0.29) is 17.7 Å². The fraction of sp³-hybridized carbons (Fsp3) is 0.619. The molecule has 3 rings (SSSR count). The highest BCUT2D eigenvalue weighted by Crippen LogP contribution is 2.32.